The van der Waals surface area contributed by atoms with Gasteiger partial charge in [0.2, 0.25) is 10.0 Å². The lowest BCUT2D eigenvalue weighted by molar-refractivity contribution is 0.0769. The fraction of sp³-hybridized carbons (Fsp3) is 0.571. The molecule has 0 aromatic heterocycles. The zero-order valence-corrected chi connectivity index (χ0v) is 11.8. The number of sulfonamides is 1. The van der Waals surface area contributed by atoms with Gasteiger partial charge in [-0.05, 0) is 44.7 Å². The number of piperidine rings is 1. The summed E-state index contributed by atoms with van der Waals surface area (Å²) in [5, 5.41) is 9.76. The summed E-state index contributed by atoms with van der Waals surface area (Å²) in [6.07, 6.45) is 2.53. The lowest BCUT2D eigenvalue weighted by Gasteiger charge is -2.36. The smallest absolute Gasteiger partial charge is 0.243 e. The molecule has 1 aromatic rings. The molecule has 2 heterocycles. The summed E-state index contributed by atoms with van der Waals surface area (Å²) < 4.78 is 27.1. The normalized spacial score (nSPS) is 31.6. The summed E-state index contributed by atoms with van der Waals surface area (Å²) in [4.78, 5) is 0.367. The van der Waals surface area contributed by atoms with Crippen LogP contribution < -0.4 is 0 Å². The number of hydrogen-bond donors (Lipinski definition) is 1. The molecule has 2 unspecified atom stereocenters. The summed E-state index contributed by atoms with van der Waals surface area (Å²) in [5.74, 6) is 0. The van der Waals surface area contributed by atoms with Crippen LogP contribution in [0.5, 0.6) is 0 Å². The first-order chi connectivity index (χ1) is 8.98. The largest absolute Gasteiger partial charge is 0.393 e. The quantitative estimate of drug-likeness (QED) is 0.897. The monoisotopic (exact) mass is 281 g/mol. The highest BCUT2D eigenvalue weighted by Gasteiger charge is 2.46. The third-order valence-electron chi connectivity index (χ3n) is 4.24. The second-order valence-corrected chi connectivity index (χ2v) is 7.50. The second kappa shape index (κ2) is 4.58. The predicted octanol–water partition coefficient (Wildman–Crippen LogP) is 1.67. The standard InChI is InChI=1S/C14H19NO3S/c1-10-2-6-14(7-3-10)19(17,18)15-11-4-5-12(15)9-13(16)8-11/h2-3,6-7,11-13,16H,4-5,8-9H2,1H3. The van der Waals surface area contributed by atoms with Gasteiger partial charge in [0, 0.05) is 12.1 Å². The van der Waals surface area contributed by atoms with Crippen LogP contribution in [0, 0.1) is 6.92 Å². The Balaban J connectivity index is 1.95. The van der Waals surface area contributed by atoms with Crippen LogP contribution in [0.1, 0.15) is 31.2 Å². The van der Waals surface area contributed by atoms with E-state index in [0.717, 1.165) is 18.4 Å². The summed E-state index contributed by atoms with van der Waals surface area (Å²) in [6.45, 7) is 1.94. The van der Waals surface area contributed by atoms with E-state index < -0.39 is 10.0 Å². The van der Waals surface area contributed by atoms with Crippen molar-refractivity contribution in [1.29, 1.82) is 0 Å². The summed E-state index contributed by atoms with van der Waals surface area (Å²) >= 11 is 0. The number of hydrogen-bond acceptors (Lipinski definition) is 3. The number of aryl methyl sites for hydroxylation is 1. The van der Waals surface area contributed by atoms with Crippen molar-refractivity contribution in [2.45, 2.75) is 55.7 Å². The third-order valence-corrected chi connectivity index (χ3v) is 6.26. The van der Waals surface area contributed by atoms with Crippen LogP contribution in [0.15, 0.2) is 29.2 Å². The van der Waals surface area contributed by atoms with Gasteiger partial charge in [0.25, 0.3) is 0 Å². The van der Waals surface area contributed by atoms with Crippen molar-refractivity contribution in [2.24, 2.45) is 0 Å². The Morgan fingerprint density at radius 1 is 1.11 bits per heavy atom. The van der Waals surface area contributed by atoms with E-state index in [0.29, 0.717) is 17.7 Å². The third kappa shape index (κ3) is 2.20. The van der Waals surface area contributed by atoms with Crippen molar-refractivity contribution in [3.05, 3.63) is 29.8 Å². The first kappa shape index (κ1) is 13.1. The van der Waals surface area contributed by atoms with Gasteiger partial charge in [-0.25, -0.2) is 8.42 Å². The minimum absolute atomic E-state index is 0.0277. The SMILES string of the molecule is Cc1ccc(S(=O)(=O)N2C3CCC2CC(O)C3)cc1. The van der Waals surface area contributed by atoms with Gasteiger partial charge >= 0.3 is 0 Å². The van der Waals surface area contributed by atoms with E-state index in [4.69, 9.17) is 0 Å². The molecule has 19 heavy (non-hydrogen) atoms. The predicted molar refractivity (Wildman–Crippen MR) is 72.3 cm³/mol. The van der Waals surface area contributed by atoms with E-state index in [1.54, 1.807) is 16.4 Å². The fourth-order valence-electron chi connectivity index (χ4n) is 3.33. The molecule has 2 bridgehead atoms. The minimum Gasteiger partial charge on any atom is -0.393 e. The molecule has 2 aliphatic heterocycles. The topological polar surface area (TPSA) is 57.6 Å². The van der Waals surface area contributed by atoms with Gasteiger partial charge in [0.15, 0.2) is 0 Å². The van der Waals surface area contributed by atoms with Gasteiger partial charge in [0.05, 0.1) is 11.0 Å². The van der Waals surface area contributed by atoms with Crippen LogP contribution >= 0.6 is 0 Å². The molecule has 2 fully saturated rings. The summed E-state index contributed by atoms with van der Waals surface area (Å²) in [7, 11) is -3.42. The highest BCUT2D eigenvalue weighted by atomic mass is 32.2. The van der Waals surface area contributed by atoms with Gasteiger partial charge in [-0.15, -0.1) is 0 Å². The number of nitrogens with zero attached hydrogens (tertiary/aromatic N) is 1. The molecule has 0 aliphatic carbocycles. The highest BCUT2D eigenvalue weighted by Crippen LogP contribution is 2.39. The first-order valence-electron chi connectivity index (χ1n) is 6.77. The average molecular weight is 281 g/mol. The van der Waals surface area contributed by atoms with Crippen molar-refractivity contribution >= 4 is 10.0 Å². The molecule has 5 heteroatoms. The number of rotatable bonds is 2. The van der Waals surface area contributed by atoms with Crippen molar-refractivity contribution in [3.8, 4) is 0 Å². The van der Waals surface area contributed by atoms with Crippen molar-refractivity contribution in [1.82, 2.24) is 4.31 Å². The van der Waals surface area contributed by atoms with Gasteiger partial charge in [-0.1, -0.05) is 17.7 Å². The maximum atomic E-state index is 12.7. The van der Waals surface area contributed by atoms with Crippen molar-refractivity contribution < 1.29 is 13.5 Å². The maximum absolute atomic E-state index is 12.7. The van der Waals surface area contributed by atoms with Gasteiger partial charge in [-0.2, -0.15) is 4.31 Å². The Morgan fingerprint density at radius 3 is 2.16 bits per heavy atom. The zero-order valence-electron chi connectivity index (χ0n) is 11.0. The molecular formula is C14H19NO3S. The lowest BCUT2D eigenvalue weighted by atomic mass is 10.0. The van der Waals surface area contributed by atoms with Gasteiger partial charge < -0.3 is 5.11 Å². The highest BCUT2D eigenvalue weighted by molar-refractivity contribution is 7.89. The van der Waals surface area contributed by atoms with E-state index in [1.165, 1.54) is 0 Å². The molecule has 1 aromatic carbocycles. The van der Waals surface area contributed by atoms with Crippen LogP contribution in [0.2, 0.25) is 0 Å². The van der Waals surface area contributed by atoms with Gasteiger partial charge in [-0.3, -0.25) is 0 Å². The second-order valence-electron chi connectivity index (χ2n) is 5.66. The first-order valence-corrected chi connectivity index (χ1v) is 8.21. The van der Waals surface area contributed by atoms with Crippen LogP contribution in [0.4, 0.5) is 0 Å². The Kier molecular flexibility index (Phi) is 3.15. The van der Waals surface area contributed by atoms with Crippen LogP contribution in [0.25, 0.3) is 0 Å². The Bertz CT molecular complexity index is 553. The van der Waals surface area contributed by atoms with E-state index in [2.05, 4.69) is 0 Å². The lowest BCUT2D eigenvalue weighted by Crippen LogP contribution is -2.47. The number of aliphatic hydroxyl groups excluding tert-OH is 1. The van der Waals surface area contributed by atoms with Gasteiger partial charge in [0.1, 0.15) is 0 Å². The van der Waals surface area contributed by atoms with Crippen LogP contribution in [-0.4, -0.2) is 36.0 Å². The van der Waals surface area contributed by atoms with E-state index in [-0.39, 0.29) is 18.2 Å². The molecule has 2 atom stereocenters. The average Bonchev–Trinajstić information content (AvgIpc) is 2.64. The molecule has 1 N–H and O–H groups in total. The number of fused-ring (bicyclic) bond motifs is 2. The van der Waals surface area contributed by atoms with E-state index in [1.807, 2.05) is 19.1 Å². The van der Waals surface area contributed by atoms with Crippen LogP contribution in [-0.2, 0) is 10.0 Å². The number of aliphatic hydroxyl groups is 1. The number of benzene rings is 1. The molecule has 0 radical (unpaired) electrons. The van der Waals surface area contributed by atoms with E-state index in [9.17, 15) is 13.5 Å². The zero-order chi connectivity index (χ0) is 13.6. The molecule has 2 aliphatic rings. The molecule has 0 amide bonds. The minimum atomic E-state index is -3.42. The fourth-order valence-corrected chi connectivity index (χ4v) is 5.22. The molecular weight excluding hydrogens is 262 g/mol. The van der Waals surface area contributed by atoms with Crippen molar-refractivity contribution in [2.75, 3.05) is 0 Å². The van der Waals surface area contributed by atoms with Crippen LogP contribution in [0.3, 0.4) is 0 Å². The Hall–Kier alpha value is -0.910. The Morgan fingerprint density at radius 2 is 1.63 bits per heavy atom. The van der Waals surface area contributed by atoms with Crippen molar-refractivity contribution in [3.63, 3.8) is 0 Å². The molecule has 2 saturated heterocycles. The maximum Gasteiger partial charge on any atom is 0.243 e. The molecule has 0 spiro atoms. The Labute approximate surface area is 114 Å². The molecule has 3 rings (SSSR count). The molecule has 0 saturated carbocycles. The molecule has 4 nitrogen and oxygen atoms in total. The van der Waals surface area contributed by atoms with E-state index >= 15 is 0 Å². The molecule has 104 valence electrons. The summed E-state index contributed by atoms with van der Waals surface area (Å²) in [6, 6.07) is 6.95. The summed E-state index contributed by atoms with van der Waals surface area (Å²) in [5.41, 5.74) is 1.05.